The fraction of sp³-hybridized carbons (Fsp3) is 0.442. The minimum absolute atomic E-state index is 0.119. The van der Waals surface area contributed by atoms with Crippen molar-refractivity contribution in [2.75, 3.05) is 39.3 Å². The van der Waals surface area contributed by atoms with Gasteiger partial charge in [-0.05, 0) is 97.1 Å². The number of halogens is 1. The number of rotatable bonds is 12. The highest BCUT2D eigenvalue weighted by Crippen LogP contribution is 2.37. The van der Waals surface area contributed by atoms with Gasteiger partial charge in [0.25, 0.3) is 0 Å². The smallest absolute Gasteiger partial charge is 0.410 e. The van der Waals surface area contributed by atoms with Crippen LogP contribution >= 0.6 is 22.6 Å². The Morgan fingerprint density at radius 2 is 1.61 bits per heavy atom. The molecule has 4 aliphatic rings. The van der Waals surface area contributed by atoms with E-state index in [2.05, 4.69) is 32.8 Å². The molecule has 0 saturated carbocycles. The number of nitrogens with one attached hydrogen (secondary N) is 1. The van der Waals surface area contributed by atoms with Gasteiger partial charge in [0.05, 0.1) is 30.5 Å². The van der Waals surface area contributed by atoms with Crippen molar-refractivity contribution in [2.45, 2.75) is 75.7 Å². The summed E-state index contributed by atoms with van der Waals surface area (Å²) in [4.78, 5) is 63.8. The molecule has 4 saturated heterocycles. The van der Waals surface area contributed by atoms with Gasteiger partial charge in [0.15, 0.2) is 0 Å². The number of carbonyl (C=O) groups is 4. The van der Waals surface area contributed by atoms with Crippen LogP contribution in [0.3, 0.4) is 0 Å². The van der Waals surface area contributed by atoms with Gasteiger partial charge in [0.1, 0.15) is 12.6 Å². The lowest BCUT2D eigenvalue weighted by molar-refractivity contribution is -0.164. The largest absolute Gasteiger partial charge is 0.447 e. The molecule has 3 aromatic rings. The molecule has 0 aromatic heterocycles. The van der Waals surface area contributed by atoms with E-state index in [0.717, 1.165) is 46.2 Å². The second-order valence-electron chi connectivity index (χ2n) is 15.0. The number of amides is 4. The SMILES string of the molecule is C[C@@H](NC(=O)[C@@H](CC(=O)N1CCC(N2CCCCC2)CC1)N1C(=O)[C@@H](CN2C(=O)OC[C@@H]2c2ccccc2)[C@H]1/C=C/c1cccc(I)c1)c1ccccc1. The van der Waals surface area contributed by atoms with E-state index >= 15 is 0 Å². The molecule has 0 bridgehead atoms. The van der Waals surface area contributed by atoms with Gasteiger partial charge < -0.3 is 24.8 Å². The van der Waals surface area contributed by atoms with Gasteiger partial charge in [-0.3, -0.25) is 19.3 Å². The van der Waals surface area contributed by atoms with Crippen LogP contribution in [0.2, 0.25) is 0 Å². The molecule has 1 N–H and O–H groups in total. The molecule has 0 aliphatic carbocycles. The van der Waals surface area contributed by atoms with Gasteiger partial charge in [0.2, 0.25) is 17.7 Å². The number of hydrogen-bond acceptors (Lipinski definition) is 6. The van der Waals surface area contributed by atoms with E-state index in [-0.39, 0.29) is 49.4 Å². The fourth-order valence-corrected chi connectivity index (χ4v) is 9.08. The van der Waals surface area contributed by atoms with Crippen LogP contribution < -0.4 is 5.32 Å². The number of likely N-dealkylation sites (tertiary alicyclic amines) is 3. The topological polar surface area (TPSA) is 103 Å². The molecule has 11 heteroatoms. The maximum atomic E-state index is 14.5. The molecule has 3 aromatic carbocycles. The van der Waals surface area contributed by atoms with E-state index < -0.39 is 24.1 Å². The van der Waals surface area contributed by atoms with Gasteiger partial charge in [-0.25, -0.2) is 4.79 Å². The zero-order chi connectivity index (χ0) is 37.6. The third-order valence-corrected chi connectivity index (χ3v) is 12.3. The highest BCUT2D eigenvalue weighted by molar-refractivity contribution is 14.1. The summed E-state index contributed by atoms with van der Waals surface area (Å²) < 4.78 is 6.57. The number of carbonyl (C=O) groups excluding carboxylic acids is 4. The minimum Gasteiger partial charge on any atom is -0.447 e. The molecule has 54 heavy (non-hydrogen) atoms. The summed E-state index contributed by atoms with van der Waals surface area (Å²) >= 11 is 2.27. The molecule has 284 valence electrons. The zero-order valence-electron chi connectivity index (χ0n) is 30.9. The predicted molar refractivity (Wildman–Crippen MR) is 216 cm³/mol. The maximum absolute atomic E-state index is 14.5. The van der Waals surface area contributed by atoms with Crippen molar-refractivity contribution >= 4 is 52.5 Å². The Bertz CT molecular complexity index is 1810. The highest BCUT2D eigenvalue weighted by Gasteiger charge is 2.53. The molecule has 4 amide bonds. The van der Waals surface area contributed by atoms with Crippen LogP contribution in [-0.2, 0) is 19.1 Å². The number of cyclic esters (lactones) is 1. The van der Waals surface area contributed by atoms with Gasteiger partial charge in [-0.1, -0.05) is 91.4 Å². The molecule has 7 rings (SSSR count). The number of nitrogens with zero attached hydrogens (tertiary/aromatic N) is 4. The maximum Gasteiger partial charge on any atom is 0.410 e. The summed E-state index contributed by atoms with van der Waals surface area (Å²) in [7, 11) is 0. The molecule has 4 heterocycles. The Morgan fingerprint density at radius 1 is 0.907 bits per heavy atom. The monoisotopic (exact) mass is 843 g/mol. The predicted octanol–water partition coefficient (Wildman–Crippen LogP) is 6.44. The first-order chi connectivity index (χ1) is 26.3. The lowest BCUT2D eigenvalue weighted by atomic mass is 9.83. The van der Waals surface area contributed by atoms with Crippen molar-refractivity contribution < 1.29 is 23.9 Å². The second kappa shape index (κ2) is 17.5. The Balaban J connectivity index is 1.15. The summed E-state index contributed by atoms with van der Waals surface area (Å²) in [6.07, 6.45) is 8.89. The third-order valence-electron chi connectivity index (χ3n) is 11.6. The first-order valence-corrected chi connectivity index (χ1v) is 20.5. The fourth-order valence-electron chi connectivity index (χ4n) is 8.52. The summed E-state index contributed by atoms with van der Waals surface area (Å²) in [6, 6.07) is 25.6. The molecular formula is C43H50IN5O5. The summed E-state index contributed by atoms with van der Waals surface area (Å²) in [5.41, 5.74) is 2.81. The van der Waals surface area contributed by atoms with Crippen LogP contribution in [0.1, 0.15) is 74.2 Å². The van der Waals surface area contributed by atoms with Crippen molar-refractivity contribution in [1.82, 2.24) is 24.9 Å². The molecule has 5 atom stereocenters. The Hall–Kier alpha value is -4.23. The number of β-lactam (4-membered cyclic amide) rings is 1. The lowest BCUT2D eigenvalue weighted by Gasteiger charge is -2.50. The number of ether oxygens (including phenoxy) is 1. The van der Waals surface area contributed by atoms with Crippen LogP contribution in [-0.4, -0.2) is 101 Å². The quantitative estimate of drug-likeness (QED) is 0.167. The van der Waals surface area contributed by atoms with E-state index in [1.165, 1.54) is 19.3 Å². The number of piperidine rings is 2. The average molecular weight is 844 g/mol. The Morgan fingerprint density at radius 3 is 2.31 bits per heavy atom. The first-order valence-electron chi connectivity index (χ1n) is 19.4. The van der Waals surface area contributed by atoms with Crippen molar-refractivity contribution in [1.29, 1.82) is 0 Å². The van der Waals surface area contributed by atoms with E-state index in [0.29, 0.717) is 19.1 Å². The molecule has 10 nitrogen and oxygen atoms in total. The Labute approximate surface area is 332 Å². The van der Waals surface area contributed by atoms with Crippen LogP contribution in [0.15, 0.2) is 91.0 Å². The van der Waals surface area contributed by atoms with E-state index in [4.69, 9.17) is 4.74 Å². The van der Waals surface area contributed by atoms with E-state index in [9.17, 15) is 19.2 Å². The number of benzene rings is 3. The highest BCUT2D eigenvalue weighted by atomic mass is 127. The number of hydrogen-bond donors (Lipinski definition) is 1. The third kappa shape index (κ3) is 8.67. The van der Waals surface area contributed by atoms with Crippen molar-refractivity contribution in [3.05, 3.63) is 111 Å². The summed E-state index contributed by atoms with van der Waals surface area (Å²) in [5.74, 6) is -1.38. The zero-order valence-corrected chi connectivity index (χ0v) is 33.1. The molecule has 0 radical (unpaired) electrons. The summed E-state index contributed by atoms with van der Waals surface area (Å²) in [6.45, 7) is 5.76. The normalized spacial score (nSPS) is 23.6. The molecule has 0 spiro atoms. The van der Waals surface area contributed by atoms with E-state index in [1.807, 2.05) is 109 Å². The van der Waals surface area contributed by atoms with Gasteiger partial charge >= 0.3 is 6.09 Å². The Kier molecular flexibility index (Phi) is 12.3. The first kappa shape index (κ1) is 38.1. The van der Waals surface area contributed by atoms with Gasteiger partial charge in [-0.2, -0.15) is 0 Å². The lowest BCUT2D eigenvalue weighted by Crippen LogP contribution is -2.69. The minimum atomic E-state index is -1.03. The van der Waals surface area contributed by atoms with Gasteiger partial charge in [0, 0.05) is 29.2 Å². The standard InChI is InChI=1S/C43H50IN5O5/c1-30(32-13-5-2-6-14-32)45-41(51)38(27-40(50)47-24-20-35(21-25-47)46-22-9-4-10-23-46)49-37(19-18-31-12-11-17-34(44)26-31)36(42(49)52)28-48-39(29-54-43(48)53)33-15-7-3-8-16-33/h2-3,5-8,11-19,26,30,35-39H,4,9-10,20-25,27-29H2,1H3,(H,45,51)/b19-18+/t30-,36+,37-,38-,39-/m1/s1. The van der Waals surface area contributed by atoms with Crippen molar-refractivity contribution in [3.63, 3.8) is 0 Å². The average Bonchev–Trinajstić information content (AvgIpc) is 3.58. The molecule has 0 unspecified atom stereocenters. The van der Waals surface area contributed by atoms with Crippen LogP contribution in [0, 0.1) is 9.49 Å². The summed E-state index contributed by atoms with van der Waals surface area (Å²) in [5, 5.41) is 3.13. The van der Waals surface area contributed by atoms with E-state index in [1.54, 1.807) is 9.80 Å². The van der Waals surface area contributed by atoms with Crippen LogP contribution in [0.4, 0.5) is 4.79 Å². The van der Waals surface area contributed by atoms with Crippen molar-refractivity contribution in [3.8, 4) is 0 Å². The molecule has 4 fully saturated rings. The second-order valence-corrected chi connectivity index (χ2v) is 16.2. The van der Waals surface area contributed by atoms with Crippen molar-refractivity contribution in [2.24, 2.45) is 5.92 Å². The van der Waals surface area contributed by atoms with Crippen LogP contribution in [0.25, 0.3) is 6.08 Å². The van der Waals surface area contributed by atoms with Gasteiger partial charge in [-0.15, -0.1) is 0 Å². The molecular weight excluding hydrogens is 793 g/mol. The molecule has 4 aliphatic heterocycles. The van der Waals surface area contributed by atoms with Crippen LogP contribution in [0.5, 0.6) is 0 Å².